The molecular formula is C21H21FN4O2. The Bertz CT molecular complexity index is 952. The quantitative estimate of drug-likeness (QED) is 0.660. The normalized spacial score (nSPS) is 14.6. The van der Waals surface area contributed by atoms with Gasteiger partial charge in [-0.25, -0.2) is 4.39 Å². The maximum absolute atomic E-state index is 14.6. The molecular weight excluding hydrogens is 359 g/mol. The topological polar surface area (TPSA) is 80.0 Å². The maximum Gasteiger partial charge on any atom is 0.315 e. The maximum atomic E-state index is 14.6. The van der Waals surface area contributed by atoms with Crippen LogP contribution in [0.4, 0.5) is 16.1 Å². The monoisotopic (exact) mass is 380 g/mol. The highest BCUT2D eigenvalue weighted by Gasteiger charge is 2.18. The highest BCUT2D eigenvalue weighted by Crippen LogP contribution is 2.27. The third-order valence-electron chi connectivity index (χ3n) is 4.85. The first-order valence-corrected chi connectivity index (χ1v) is 9.45. The van der Waals surface area contributed by atoms with Gasteiger partial charge < -0.3 is 15.1 Å². The van der Waals surface area contributed by atoms with Crippen molar-refractivity contribution in [3.63, 3.8) is 0 Å². The zero-order valence-electron chi connectivity index (χ0n) is 15.3. The Hall–Kier alpha value is -3.22. The summed E-state index contributed by atoms with van der Waals surface area (Å²) in [6, 6.07) is 13.8. The molecule has 144 valence electrons. The lowest BCUT2D eigenvalue weighted by Crippen LogP contribution is -2.22. The van der Waals surface area contributed by atoms with E-state index < -0.39 is 5.82 Å². The molecule has 2 N–H and O–H groups in total. The molecule has 1 aliphatic carbocycles. The first kappa shape index (κ1) is 18.2. The third kappa shape index (κ3) is 4.19. The summed E-state index contributed by atoms with van der Waals surface area (Å²) >= 11 is 0. The number of hydrogen-bond acceptors (Lipinski definition) is 5. The highest BCUT2D eigenvalue weighted by atomic mass is 19.1. The minimum absolute atomic E-state index is 0.108. The first-order valence-electron chi connectivity index (χ1n) is 9.45. The summed E-state index contributed by atoms with van der Waals surface area (Å²) < 4.78 is 20.1. The molecule has 1 saturated carbocycles. The second-order valence-electron chi connectivity index (χ2n) is 6.91. The molecule has 0 unspecified atom stereocenters. The number of carbonyl (C=O) groups is 1. The summed E-state index contributed by atoms with van der Waals surface area (Å²) in [6.45, 7) is 0. The van der Waals surface area contributed by atoms with Gasteiger partial charge >= 0.3 is 6.01 Å². The van der Waals surface area contributed by atoms with Gasteiger partial charge in [0.15, 0.2) is 0 Å². The zero-order chi connectivity index (χ0) is 19.3. The van der Waals surface area contributed by atoms with Gasteiger partial charge in [-0.2, -0.15) is 0 Å². The van der Waals surface area contributed by atoms with E-state index in [4.69, 9.17) is 4.42 Å². The summed E-state index contributed by atoms with van der Waals surface area (Å²) in [5.41, 5.74) is 1.05. The van der Waals surface area contributed by atoms with Crippen molar-refractivity contribution >= 4 is 17.6 Å². The molecule has 1 fully saturated rings. The Labute approximate surface area is 162 Å². The number of nitrogens with zero attached hydrogens (tertiary/aromatic N) is 2. The van der Waals surface area contributed by atoms with Crippen molar-refractivity contribution in [2.24, 2.45) is 0 Å². The fourth-order valence-electron chi connectivity index (χ4n) is 3.37. The van der Waals surface area contributed by atoms with Gasteiger partial charge in [-0.1, -0.05) is 42.6 Å². The first-order chi connectivity index (χ1) is 13.7. The smallest absolute Gasteiger partial charge is 0.315 e. The van der Waals surface area contributed by atoms with Gasteiger partial charge in [0.05, 0.1) is 5.56 Å². The lowest BCUT2D eigenvalue weighted by molar-refractivity contribution is 0.102. The van der Waals surface area contributed by atoms with Crippen LogP contribution in [0.25, 0.3) is 11.5 Å². The molecule has 2 aromatic carbocycles. The Balaban J connectivity index is 1.45. The molecule has 1 amide bonds. The summed E-state index contributed by atoms with van der Waals surface area (Å²) in [4.78, 5) is 12.2. The number of rotatable bonds is 5. The van der Waals surface area contributed by atoms with Gasteiger partial charge in [0.1, 0.15) is 5.82 Å². The standard InChI is InChI=1S/C21H21FN4O2/c22-18-13-16(23-19(27)14-7-3-1-4-8-14)11-12-17(18)20-25-26-21(28-20)24-15-9-5-2-6-10-15/h1,3-4,7-8,11-13,15H,2,5-6,9-10H2,(H,23,27)(H,24,26). The summed E-state index contributed by atoms with van der Waals surface area (Å²) in [5.74, 6) is -0.736. The summed E-state index contributed by atoms with van der Waals surface area (Å²) in [7, 11) is 0. The van der Waals surface area contributed by atoms with Crippen LogP contribution in [0.3, 0.4) is 0 Å². The molecule has 4 rings (SSSR count). The Kier molecular flexibility index (Phi) is 5.32. The Morgan fingerprint density at radius 2 is 1.82 bits per heavy atom. The molecule has 0 atom stereocenters. The molecule has 0 bridgehead atoms. The molecule has 28 heavy (non-hydrogen) atoms. The van der Waals surface area contributed by atoms with E-state index in [1.807, 2.05) is 6.07 Å². The van der Waals surface area contributed by atoms with Crippen LogP contribution in [0, 0.1) is 5.82 Å². The molecule has 0 aliphatic heterocycles. The molecule has 1 aromatic heterocycles. The number of benzene rings is 2. The zero-order valence-corrected chi connectivity index (χ0v) is 15.3. The average Bonchev–Trinajstić information content (AvgIpc) is 3.17. The molecule has 7 heteroatoms. The predicted molar refractivity (Wildman–Crippen MR) is 105 cm³/mol. The fraction of sp³-hybridized carbons (Fsp3) is 0.286. The summed E-state index contributed by atoms with van der Waals surface area (Å²) in [6.07, 6.45) is 5.77. The number of nitrogens with one attached hydrogen (secondary N) is 2. The van der Waals surface area contributed by atoms with E-state index in [0.717, 1.165) is 12.8 Å². The molecule has 0 spiro atoms. The number of hydrogen-bond donors (Lipinski definition) is 2. The number of amides is 1. The highest BCUT2D eigenvalue weighted by molar-refractivity contribution is 6.04. The molecule has 0 saturated heterocycles. The van der Waals surface area contributed by atoms with Crippen LogP contribution in [0.2, 0.25) is 0 Å². The van der Waals surface area contributed by atoms with E-state index in [9.17, 15) is 9.18 Å². The van der Waals surface area contributed by atoms with Crippen LogP contribution < -0.4 is 10.6 Å². The van der Waals surface area contributed by atoms with E-state index in [1.54, 1.807) is 30.3 Å². The van der Waals surface area contributed by atoms with E-state index in [1.165, 1.54) is 31.4 Å². The van der Waals surface area contributed by atoms with Crippen LogP contribution in [0.1, 0.15) is 42.5 Å². The minimum atomic E-state index is -0.543. The van der Waals surface area contributed by atoms with E-state index in [2.05, 4.69) is 20.8 Å². The van der Waals surface area contributed by atoms with Crippen LogP contribution in [0.15, 0.2) is 52.9 Å². The van der Waals surface area contributed by atoms with Crippen LogP contribution in [0.5, 0.6) is 0 Å². The lowest BCUT2D eigenvalue weighted by Gasteiger charge is -2.21. The molecule has 1 aliphatic rings. The van der Waals surface area contributed by atoms with Gasteiger partial charge in [-0.15, -0.1) is 5.10 Å². The van der Waals surface area contributed by atoms with E-state index >= 15 is 0 Å². The SMILES string of the molecule is O=C(Nc1ccc(-c2nnc(NC3CCCCC3)o2)c(F)c1)c1ccccc1. The van der Waals surface area contributed by atoms with Gasteiger partial charge in [-0.05, 0) is 43.2 Å². The predicted octanol–water partition coefficient (Wildman–Crippen LogP) is 4.87. The summed E-state index contributed by atoms with van der Waals surface area (Å²) in [5, 5.41) is 13.8. The molecule has 1 heterocycles. The number of carbonyl (C=O) groups excluding carboxylic acids is 1. The van der Waals surface area contributed by atoms with Crippen LogP contribution in [-0.4, -0.2) is 22.1 Å². The van der Waals surface area contributed by atoms with Crippen molar-refractivity contribution in [2.45, 2.75) is 38.1 Å². The van der Waals surface area contributed by atoms with Gasteiger partial charge in [-0.3, -0.25) is 4.79 Å². The van der Waals surface area contributed by atoms with Crippen molar-refractivity contribution in [1.29, 1.82) is 0 Å². The Morgan fingerprint density at radius 3 is 2.57 bits per heavy atom. The number of anilines is 2. The Morgan fingerprint density at radius 1 is 1.04 bits per heavy atom. The van der Waals surface area contributed by atoms with Gasteiger partial charge in [0, 0.05) is 17.3 Å². The lowest BCUT2D eigenvalue weighted by atomic mass is 9.96. The fourth-order valence-corrected chi connectivity index (χ4v) is 3.37. The van der Waals surface area contributed by atoms with Crippen LogP contribution in [-0.2, 0) is 0 Å². The van der Waals surface area contributed by atoms with Crippen molar-refractivity contribution in [2.75, 3.05) is 10.6 Å². The van der Waals surface area contributed by atoms with Gasteiger partial charge in [0.25, 0.3) is 11.8 Å². The number of halogens is 1. The van der Waals surface area contributed by atoms with Crippen molar-refractivity contribution in [3.05, 3.63) is 59.9 Å². The third-order valence-corrected chi connectivity index (χ3v) is 4.85. The van der Waals surface area contributed by atoms with Crippen molar-refractivity contribution < 1.29 is 13.6 Å². The molecule has 6 nitrogen and oxygen atoms in total. The van der Waals surface area contributed by atoms with E-state index in [-0.39, 0.29) is 17.4 Å². The van der Waals surface area contributed by atoms with Gasteiger partial charge in [0.2, 0.25) is 0 Å². The molecule has 3 aromatic rings. The average molecular weight is 380 g/mol. The molecule has 0 radical (unpaired) electrons. The van der Waals surface area contributed by atoms with E-state index in [0.29, 0.717) is 23.3 Å². The number of aromatic nitrogens is 2. The largest absolute Gasteiger partial charge is 0.403 e. The van der Waals surface area contributed by atoms with Crippen molar-refractivity contribution in [3.8, 4) is 11.5 Å². The van der Waals surface area contributed by atoms with Crippen LogP contribution >= 0.6 is 0 Å². The minimum Gasteiger partial charge on any atom is -0.403 e. The second kappa shape index (κ2) is 8.21. The van der Waals surface area contributed by atoms with Crippen molar-refractivity contribution in [1.82, 2.24) is 10.2 Å². The second-order valence-corrected chi connectivity index (χ2v) is 6.91.